The molecule has 0 aliphatic carbocycles. The molecule has 2 aromatic rings. The van der Waals surface area contributed by atoms with Crippen molar-refractivity contribution in [3.63, 3.8) is 0 Å². The fraction of sp³-hybridized carbons (Fsp3) is 0.300. The lowest BCUT2D eigenvalue weighted by Gasteiger charge is -2.10. The van der Waals surface area contributed by atoms with Crippen LogP contribution in [0.3, 0.4) is 0 Å². The van der Waals surface area contributed by atoms with Gasteiger partial charge in [0.25, 0.3) is 0 Å². The normalized spacial score (nSPS) is 10.2. The van der Waals surface area contributed by atoms with Crippen molar-refractivity contribution < 1.29 is 23.8 Å². The summed E-state index contributed by atoms with van der Waals surface area (Å²) in [5.74, 6) is 0.157. The zero-order valence-electron chi connectivity index (χ0n) is 14.9. The number of esters is 1. The van der Waals surface area contributed by atoms with Gasteiger partial charge in [0.1, 0.15) is 11.5 Å². The molecule has 0 amide bonds. The van der Waals surface area contributed by atoms with E-state index in [0.29, 0.717) is 17.1 Å². The molecule has 0 N–H and O–H groups in total. The van der Waals surface area contributed by atoms with Crippen LogP contribution in [0.1, 0.15) is 27.0 Å². The Labute approximate surface area is 147 Å². The SMILES string of the molecule is COc1ccc(OC)c(C(=O)COC(=O)Cc2ccc(C)c(C)c2)c1. The van der Waals surface area contributed by atoms with Crippen LogP contribution < -0.4 is 9.47 Å². The second-order valence-electron chi connectivity index (χ2n) is 5.75. The number of ether oxygens (including phenoxy) is 3. The number of hydrogen-bond donors (Lipinski definition) is 0. The molecule has 2 aromatic carbocycles. The number of methoxy groups -OCH3 is 2. The number of Topliss-reactive ketones (excluding diaryl/α,β-unsaturated/α-hetero) is 1. The number of carbonyl (C=O) groups is 2. The average Bonchev–Trinajstić information content (AvgIpc) is 2.62. The number of benzene rings is 2. The third kappa shape index (κ3) is 4.83. The molecule has 0 aromatic heterocycles. The maximum atomic E-state index is 12.3. The predicted octanol–water partition coefficient (Wildman–Crippen LogP) is 3.29. The van der Waals surface area contributed by atoms with E-state index in [2.05, 4.69) is 0 Å². The summed E-state index contributed by atoms with van der Waals surface area (Å²) >= 11 is 0. The molecule has 0 aliphatic rings. The number of hydrogen-bond acceptors (Lipinski definition) is 5. The zero-order valence-corrected chi connectivity index (χ0v) is 14.9. The quantitative estimate of drug-likeness (QED) is 0.571. The number of ketones is 1. The van der Waals surface area contributed by atoms with Gasteiger partial charge in [-0.3, -0.25) is 9.59 Å². The van der Waals surface area contributed by atoms with Gasteiger partial charge in [-0.2, -0.15) is 0 Å². The molecule has 0 saturated heterocycles. The highest BCUT2D eigenvalue weighted by Gasteiger charge is 2.16. The number of aryl methyl sites for hydroxylation is 2. The van der Waals surface area contributed by atoms with Crippen LogP contribution in [0.5, 0.6) is 11.5 Å². The van der Waals surface area contributed by atoms with E-state index >= 15 is 0 Å². The van der Waals surface area contributed by atoms with Gasteiger partial charge in [0.05, 0.1) is 26.2 Å². The number of carbonyl (C=O) groups excluding carboxylic acids is 2. The van der Waals surface area contributed by atoms with Gasteiger partial charge < -0.3 is 14.2 Å². The molecule has 132 valence electrons. The maximum absolute atomic E-state index is 12.3. The van der Waals surface area contributed by atoms with Crippen molar-refractivity contribution in [2.75, 3.05) is 20.8 Å². The Morgan fingerprint density at radius 3 is 2.32 bits per heavy atom. The van der Waals surface area contributed by atoms with E-state index in [1.807, 2.05) is 32.0 Å². The minimum absolute atomic E-state index is 0.129. The first-order chi connectivity index (χ1) is 11.9. The summed E-state index contributed by atoms with van der Waals surface area (Å²) in [5, 5.41) is 0. The molecule has 0 heterocycles. The van der Waals surface area contributed by atoms with Crippen LogP contribution >= 0.6 is 0 Å². The van der Waals surface area contributed by atoms with E-state index in [4.69, 9.17) is 14.2 Å². The highest BCUT2D eigenvalue weighted by molar-refractivity contribution is 6.00. The molecule has 0 saturated carbocycles. The van der Waals surface area contributed by atoms with E-state index in [0.717, 1.165) is 16.7 Å². The highest BCUT2D eigenvalue weighted by atomic mass is 16.5. The van der Waals surface area contributed by atoms with Gasteiger partial charge in [0.2, 0.25) is 5.78 Å². The van der Waals surface area contributed by atoms with Gasteiger partial charge >= 0.3 is 5.97 Å². The molecule has 0 unspecified atom stereocenters. The molecular formula is C20H22O5. The van der Waals surface area contributed by atoms with Crippen molar-refractivity contribution in [2.24, 2.45) is 0 Å². The smallest absolute Gasteiger partial charge is 0.310 e. The minimum Gasteiger partial charge on any atom is -0.497 e. The summed E-state index contributed by atoms with van der Waals surface area (Å²) in [6.07, 6.45) is 0.129. The summed E-state index contributed by atoms with van der Waals surface area (Å²) in [4.78, 5) is 24.3. The first-order valence-electron chi connectivity index (χ1n) is 7.91. The Balaban J connectivity index is 1.99. The summed E-state index contributed by atoms with van der Waals surface area (Å²) in [6.45, 7) is 3.66. The molecule has 0 radical (unpaired) electrons. The lowest BCUT2D eigenvalue weighted by Crippen LogP contribution is -2.16. The van der Waals surface area contributed by atoms with Crippen molar-refractivity contribution >= 4 is 11.8 Å². The maximum Gasteiger partial charge on any atom is 0.310 e. The third-order valence-electron chi connectivity index (χ3n) is 3.99. The molecule has 25 heavy (non-hydrogen) atoms. The molecule has 0 bridgehead atoms. The van der Waals surface area contributed by atoms with Crippen molar-refractivity contribution in [3.05, 3.63) is 58.7 Å². The zero-order chi connectivity index (χ0) is 18.4. The topological polar surface area (TPSA) is 61.8 Å². The predicted molar refractivity (Wildman–Crippen MR) is 94.5 cm³/mol. The van der Waals surface area contributed by atoms with Crippen molar-refractivity contribution in [2.45, 2.75) is 20.3 Å². The van der Waals surface area contributed by atoms with Gasteiger partial charge in [-0.1, -0.05) is 18.2 Å². The Hall–Kier alpha value is -2.82. The molecular weight excluding hydrogens is 320 g/mol. The summed E-state index contributed by atoms with van der Waals surface area (Å²) in [5.41, 5.74) is 3.46. The Kier molecular flexibility index (Phi) is 6.17. The molecule has 0 aliphatic heterocycles. The van der Waals surface area contributed by atoms with Crippen LogP contribution in [0.2, 0.25) is 0 Å². The molecule has 2 rings (SSSR count). The van der Waals surface area contributed by atoms with Crippen molar-refractivity contribution in [1.82, 2.24) is 0 Å². The van der Waals surface area contributed by atoms with Gasteiger partial charge in [-0.25, -0.2) is 0 Å². The average molecular weight is 342 g/mol. The second kappa shape index (κ2) is 8.33. The van der Waals surface area contributed by atoms with E-state index in [1.54, 1.807) is 18.2 Å². The largest absolute Gasteiger partial charge is 0.497 e. The summed E-state index contributed by atoms with van der Waals surface area (Å²) in [7, 11) is 2.99. The number of rotatable bonds is 7. The van der Waals surface area contributed by atoms with Gasteiger partial charge in [0, 0.05) is 0 Å². The van der Waals surface area contributed by atoms with Gasteiger partial charge in [-0.15, -0.1) is 0 Å². The van der Waals surface area contributed by atoms with E-state index < -0.39 is 5.97 Å². The highest BCUT2D eigenvalue weighted by Crippen LogP contribution is 2.24. The summed E-state index contributed by atoms with van der Waals surface area (Å²) in [6, 6.07) is 10.7. The van der Waals surface area contributed by atoms with Crippen LogP contribution in [0.25, 0.3) is 0 Å². The molecule has 0 spiro atoms. The van der Waals surface area contributed by atoms with Gasteiger partial charge in [-0.05, 0) is 48.7 Å². The van der Waals surface area contributed by atoms with Crippen LogP contribution in [0.15, 0.2) is 36.4 Å². The first-order valence-corrected chi connectivity index (χ1v) is 7.91. The lowest BCUT2D eigenvalue weighted by atomic mass is 10.0. The minimum atomic E-state index is -0.446. The molecule has 5 heteroatoms. The van der Waals surface area contributed by atoms with Crippen LogP contribution in [0, 0.1) is 13.8 Å². The van der Waals surface area contributed by atoms with E-state index in [-0.39, 0.29) is 18.8 Å². The molecule has 5 nitrogen and oxygen atoms in total. The summed E-state index contributed by atoms with van der Waals surface area (Å²) < 4.78 is 15.4. The molecule has 0 fully saturated rings. The van der Waals surface area contributed by atoms with Crippen molar-refractivity contribution in [3.8, 4) is 11.5 Å². The van der Waals surface area contributed by atoms with Gasteiger partial charge in [0.15, 0.2) is 6.61 Å². The second-order valence-corrected chi connectivity index (χ2v) is 5.75. The van der Waals surface area contributed by atoms with Crippen LogP contribution in [-0.2, 0) is 16.0 Å². The fourth-order valence-electron chi connectivity index (χ4n) is 2.39. The molecule has 0 atom stereocenters. The van der Waals surface area contributed by atoms with Crippen LogP contribution in [-0.4, -0.2) is 32.6 Å². The lowest BCUT2D eigenvalue weighted by molar-refractivity contribution is -0.141. The Morgan fingerprint density at radius 2 is 1.68 bits per heavy atom. The van der Waals surface area contributed by atoms with Crippen molar-refractivity contribution in [1.29, 1.82) is 0 Å². The monoisotopic (exact) mass is 342 g/mol. The van der Waals surface area contributed by atoms with E-state index in [1.165, 1.54) is 14.2 Å². The van der Waals surface area contributed by atoms with Crippen LogP contribution in [0.4, 0.5) is 0 Å². The fourth-order valence-corrected chi connectivity index (χ4v) is 2.39. The van der Waals surface area contributed by atoms with E-state index in [9.17, 15) is 9.59 Å². The third-order valence-corrected chi connectivity index (χ3v) is 3.99. The Morgan fingerprint density at radius 1 is 0.920 bits per heavy atom. The Bertz CT molecular complexity index is 780. The standard InChI is InChI=1S/C20H22O5/c1-13-5-6-15(9-14(13)2)10-20(22)25-12-18(21)17-11-16(23-3)7-8-19(17)24-4/h5-9,11H,10,12H2,1-4H3. The first kappa shape index (κ1) is 18.5.